The Labute approximate surface area is 158 Å². The highest BCUT2D eigenvalue weighted by Crippen LogP contribution is 2.21. The van der Waals surface area contributed by atoms with Crippen LogP contribution in [-0.4, -0.2) is 47.0 Å². The number of hydrogen-bond donors (Lipinski definition) is 1. The van der Waals surface area contributed by atoms with Gasteiger partial charge in [-0.05, 0) is 42.5 Å². The van der Waals surface area contributed by atoms with Gasteiger partial charge in [0.05, 0.1) is 7.11 Å². The van der Waals surface area contributed by atoms with Gasteiger partial charge in [-0.3, -0.25) is 9.78 Å². The van der Waals surface area contributed by atoms with Crippen molar-refractivity contribution in [2.45, 2.75) is 18.9 Å². The van der Waals surface area contributed by atoms with Gasteiger partial charge in [0, 0.05) is 54.7 Å². The largest absolute Gasteiger partial charge is 0.497 e. The molecule has 27 heavy (non-hydrogen) atoms. The van der Waals surface area contributed by atoms with Gasteiger partial charge in [-0.1, -0.05) is 6.07 Å². The number of piperidine rings is 1. The fraction of sp³-hybridized carbons (Fsp3) is 0.286. The number of likely N-dealkylation sites (tertiary alicyclic amines) is 1. The second-order valence-corrected chi connectivity index (χ2v) is 6.73. The minimum absolute atomic E-state index is 0.0895. The van der Waals surface area contributed by atoms with E-state index in [1.54, 1.807) is 19.5 Å². The average molecular weight is 362 g/mol. The summed E-state index contributed by atoms with van der Waals surface area (Å²) in [6, 6.07) is 11.7. The molecular weight excluding hydrogens is 340 g/mol. The maximum atomic E-state index is 12.9. The number of pyridine rings is 2. The van der Waals surface area contributed by atoms with Gasteiger partial charge in [0.25, 0.3) is 5.91 Å². The highest BCUT2D eigenvalue weighted by atomic mass is 16.5. The lowest BCUT2D eigenvalue weighted by Crippen LogP contribution is -2.42. The van der Waals surface area contributed by atoms with Crippen LogP contribution in [0.15, 0.2) is 55.0 Å². The molecule has 0 atom stereocenters. The number of hydrogen-bond acceptors (Lipinski definition) is 5. The molecule has 1 aliphatic rings. The van der Waals surface area contributed by atoms with Gasteiger partial charge in [0.15, 0.2) is 0 Å². The Morgan fingerprint density at radius 3 is 2.78 bits per heavy atom. The van der Waals surface area contributed by atoms with E-state index in [0.29, 0.717) is 6.04 Å². The molecule has 1 fully saturated rings. The summed E-state index contributed by atoms with van der Waals surface area (Å²) in [5.74, 6) is 1.68. The van der Waals surface area contributed by atoms with Crippen LogP contribution in [0.5, 0.6) is 5.75 Å². The van der Waals surface area contributed by atoms with Gasteiger partial charge in [-0.25, -0.2) is 4.98 Å². The standard InChI is InChI=1S/C21H22N4O2/c1-27-19-5-9-23-20(13-19)24-18-6-10-25(11-7-18)21(26)16-2-3-17-14-22-8-4-15(17)12-16/h2-5,8-9,12-14,18H,6-7,10-11H2,1H3,(H,23,24). The minimum atomic E-state index is 0.0895. The quantitative estimate of drug-likeness (QED) is 0.771. The van der Waals surface area contributed by atoms with Crippen LogP contribution in [0.3, 0.4) is 0 Å². The van der Waals surface area contributed by atoms with Gasteiger partial charge in [-0.15, -0.1) is 0 Å². The van der Waals surface area contributed by atoms with Crippen LogP contribution in [0, 0.1) is 0 Å². The predicted molar refractivity (Wildman–Crippen MR) is 105 cm³/mol. The molecule has 1 aromatic carbocycles. The fourth-order valence-corrected chi connectivity index (χ4v) is 3.45. The van der Waals surface area contributed by atoms with Crippen LogP contribution in [0.4, 0.5) is 5.82 Å². The van der Waals surface area contributed by atoms with Crippen molar-refractivity contribution in [3.63, 3.8) is 0 Å². The van der Waals surface area contributed by atoms with Crippen LogP contribution < -0.4 is 10.1 Å². The molecule has 0 unspecified atom stereocenters. The van der Waals surface area contributed by atoms with Crippen molar-refractivity contribution in [3.05, 3.63) is 60.6 Å². The second kappa shape index (κ2) is 7.61. The third-order valence-corrected chi connectivity index (χ3v) is 4.99. The molecule has 1 amide bonds. The van der Waals surface area contributed by atoms with Crippen LogP contribution in [0.1, 0.15) is 23.2 Å². The van der Waals surface area contributed by atoms with E-state index < -0.39 is 0 Å². The number of amides is 1. The van der Waals surface area contributed by atoms with Crippen LogP contribution >= 0.6 is 0 Å². The van der Waals surface area contributed by atoms with Gasteiger partial charge >= 0.3 is 0 Å². The molecule has 0 saturated carbocycles. The van der Waals surface area contributed by atoms with E-state index in [4.69, 9.17) is 4.74 Å². The van der Waals surface area contributed by atoms with Crippen molar-refractivity contribution in [3.8, 4) is 5.75 Å². The number of carbonyl (C=O) groups excluding carboxylic acids is 1. The Hall–Kier alpha value is -3.15. The lowest BCUT2D eigenvalue weighted by molar-refractivity contribution is 0.0718. The normalized spacial score (nSPS) is 14.9. The fourth-order valence-electron chi connectivity index (χ4n) is 3.45. The molecule has 0 spiro atoms. The molecule has 3 aromatic rings. The number of aromatic nitrogens is 2. The zero-order valence-corrected chi connectivity index (χ0v) is 15.3. The number of nitrogens with one attached hydrogen (secondary N) is 1. The van der Waals surface area contributed by atoms with Crippen LogP contribution in [-0.2, 0) is 0 Å². The number of rotatable bonds is 4. The summed E-state index contributed by atoms with van der Waals surface area (Å²) in [5.41, 5.74) is 0.731. The monoisotopic (exact) mass is 362 g/mol. The number of methoxy groups -OCH3 is 1. The van der Waals surface area contributed by atoms with Crippen molar-refractivity contribution in [1.82, 2.24) is 14.9 Å². The summed E-state index contributed by atoms with van der Waals surface area (Å²) in [6.07, 6.45) is 7.08. The van der Waals surface area contributed by atoms with Gasteiger partial charge < -0.3 is 15.0 Å². The first kappa shape index (κ1) is 17.3. The van der Waals surface area contributed by atoms with Crippen LogP contribution in [0.25, 0.3) is 10.8 Å². The highest BCUT2D eigenvalue weighted by Gasteiger charge is 2.24. The van der Waals surface area contributed by atoms with Crippen molar-refractivity contribution < 1.29 is 9.53 Å². The summed E-state index contributed by atoms with van der Waals surface area (Å²) in [7, 11) is 1.65. The Bertz CT molecular complexity index is 952. The molecule has 1 N–H and O–H groups in total. The number of nitrogens with zero attached hydrogens (tertiary/aromatic N) is 3. The van der Waals surface area contributed by atoms with E-state index in [-0.39, 0.29) is 5.91 Å². The Kier molecular flexibility index (Phi) is 4.87. The number of carbonyl (C=O) groups is 1. The zero-order valence-electron chi connectivity index (χ0n) is 15.3. The minimum Gasteiger partial charge on any atom is -0.497 e. The van der Waals surface area contributed by atoms with Crippen molar-refractivity contribution in [2.24, 2.45) is 0 Å². The molecule has 4 rings (SSSR count). The maximum absolute atomic E-state index is 12.9. The molecule has 3 heterocycles. The SMILES string of the molecule is COc1ccnc(NC2CCN(C(=O)c3ccc4cnccc4c3)CC2)c1. The van der Waals surface area contributed by atoms with Crippen molar-refractivity contribution >= 4 is 22.5 Å². The van der Waals surface area contributed by atoms with Crippen molar-refractivity contribution in [2.75, 3.05) is 25.5 Å². The lowest BCUT2D eigenvalue weighted by Gasteiger charge is -2.32. The predicted octanol–water partition coefficient (Wildman–Crippen LogP) is 3.36. The molecule has 0 aliphatic carbocycles. The topological polar surface area (TPSA) is 67.3 Å². The third-order valence-electron chi connectivity index (χ3n) is 4.99. The van der Waals surface area contributed by atoms with E-state index >= 15 is 0 Å². The summed E-state index contributed by atoms with van der Waals surface area (Å²) in [5, 5.41) is 5.53. The zero-order chi connectivity index (χ0) is 18.6. The van der Waals surface area contributed by atoms with E-state index in [2.05, 4.69) is 15.3 Å². The van der Waals surface area contributed by atoms with Gasteiger partial charge in [0.2, 0.25) is 0 Å². The first-order chi connectivity index (χ1) is 13.2. The molecule has 1 saturated heterocycles. The van der Waals surface area contributed by atoms with Crippen LogP contribution in [0.2, 0.25) is 0 Å². The van der Waals surface area contributed by atoms with E-state index in [9.17, 15) is 4.79 Å². The number of ether oxygens (including phenoxy) is 1. The first-order valence-electron chi connectivity index (χ1n) is 9.12. The number of fused-ring (bicyclic) bond motifs is 1. The molecule has 6 nitrogen and oxygen atoms in total. The Morgan fingerprint density at radius 1 is 1.11 bits per heavy atom. The molecule has 6 heteroatoms. The molecule has 1 aliphatic heterocycles. The summed E-state index contributed by atoms with van der Waals surface area (Å²) >= 11 is 0. The van der Waals surface area contributed by atoms with Gasteiger partial charge in [-0.2, -0.15) is 0 Å². The lowest BCUT2D eigenvalue weighted by atomic mass is 10.0. The first-order valence-corrected chi connectivity index (χ1v) is 9.12. The smallest absolute Gasteiger partial charge is 0.253 e. The Morgan fingerprint density at radius 2 is 1.96 bits per heavy atom. The van der Waals surface area contributed by atoms with E-state index in [1.807, 2.05) is 47.5 Å². The summed E-state index contributed by atoms with van der Waals surface area (Å²) in [4.78, 5) is 23.2. The maximum Gasteiger partial charge on any atom is 0.253 e. The molecule has 2 aromatic heterocycles. The van der Waals surface area contributed by atoms with E-state index in [1.165, 1.54) is 0 Å². The molecule has 0 radical (unpaired) electrons. The molecular formula is C21H22N4O2. The molecule has 138 valence electrons. The average Bonchev–Trinajstić information content (AvgIpc) is 2.73. The number of benzene rings is 1. The third kappa shape index (κ3) is 3.84. The highest BCUT2D eigenvalue weighted by molar-refractivity contribution is 5.98. The van der Waals surface area contributed by atoms with Crippen molar-refractivity contribution in [1.29, 1.82) is 0 Å². The van der Waals surface area contributed by atoms with Gasteiger partial charge in [0.1, 0.15) is 11.6 Å². The second-order valence-electron chi connectivity index (χ2n) is 6.73. The molecule has 0 bridgehead atoms. The Balaban J connectivity index is 1.38. The summed E-state index contributed by atoms with van der Waals surface area (Å²) < 4.78 is 5.24. The van der Waals surface area contributed by atoms with E-state index in [0.717, 1.165) is 53.8 Å². The number of anilines is 1. The summed E-state index contributed by atoms with van der Waals surface area (Å²) in [6.45, 7) is 1.46.